The van der Waals surface area contributed by atoms with E-state index in [0.29, 0.717) is 28.4 Å². The topological polar surface area (TPSA) is 101 Å². The van der Waals surface area contributed by atoms with Gasteiger partial charge in [-0.3, -0.25) is 4.79 Å². The molecule has 0 bridgehead atoms. The molecule has 3 rings (SSSR count). The van der Waals surface area contributed by atoms with E-state index in [9.17, 15) is 9.90 Å². The fourth-order valence-corrected chi connectivity index (χ4v) is 2.06. The molecule has 0 saturated carbocycles. The van der Waals surface area contributed by atoms with Crippen molar-refractivity contribution in [1.29, 1.82) is 0 Å². The number of aromatic hydroxyl groups is 1. The summed E-state index contributed by atoms with van der Waals surface area (Å²) in [6.07, 6.45) is 0. The summed E-state index contributed by atoms with van der Waals surface area (Å²) in [5.74, 6) is 0.144. The Morgan fingerprint density at radius 2 is 2.10 bits per heavy atom. The molecule has 0 aliphatic rings. The molecule has 0 spiro atoms. The van der Waals surface area contributed by atoms with E-state index >= 15 is 0 Å². The fraction of sp³-hybridized carbons (Fsp3) is 0.0667. The normalized spacial score (nSPS) is 10.7. The number of hydrogen-bond acceptors (Lipinski definition) is 5. The maximum absolute atomic E-state index is 12.2. The first kappa shape index (κ1) is 13.0. The molecule has 0 saturated heterocycles. The Morgan fingerprint density at radius 3 is 2.90 bits per heavy atom. The van der Waals surface area contributed by atoms with Crippen LogP contribution in [-0.4, -0.2) is 16.0 Å². The molecule has 2 aromatic carbocycles. The summed E-state index contributed by atoms with van der Waals surface area (Å²) in [5, 5.41) is 12.2. The molecule has 6 heteroatoms. The second-order valence-electron chi connectivity index (χ2n) is 4.64. The number of nitrogen functional groups attached to an aromatic ring is 1. The molecule has 3 aromatic rings. The van der Waals surface area contributed by atoms with Crippen molar-refractivity contribution in [3.05, 3.63) is 47.9 Å². The lowest BCUT2D eigenvalue weighted by molar-refractivity contribution is 0.102. The van der Waals surface area contributed by atoms with E-state index in [2.05, 4.69) is 10.3 Å². The molecule has 0 atom stereocenters. The lowest BCUT2D eigenvalue weighted by atomic mass is 10.1. The Morgan fingerprint density at radius 1 is 1.29 bits per heavy atom. The number of carbonyl (C=O) groups is 1. The SMILES string of the molecule is Cc1nc2cc(NC(=O)c3cc(O)ccc3N)ccc2o1. The predicted octanol–water partition coefficient (Wildman–Crippen LogP) is 2.68. The highest BCUT2D eigenvalue weighted by atomic mass is 16.3. The third-order valence-electron chi connectivity index (χ3n) is 3.03. The Labute approximate surface area is 120 Å². The molecule has 1 amide bonds. The summed E-state index contributed by atoms with van der Waals surface area (Å²) >= 11 is 0. The van der Waals surface area contributed by atoms with Gasteiger partial charge >= 0.3 is 0 Å². The maximum Gasteiger partial charge on any atom is 0.257 e. The number of nitrogens with one attached hydrogen (secondary N) is 1. The molecular formula is C15H13N3O3. The molecule has 1 aromatic heterocycles. The fourth-order valence-electron chi connectivity index (χ4n) is 2.06. The number of oxazole rings is 1. The van der Waals surface area contributed by atoms with Crippen molar-refractivity contribution in [2.24, 2.45) is 0 Å². The summed E-state index contributed by atoms with van der Waals surface area (Å²) in [5.41, 5.74) is 8.14. The summed E-state index contributed by atoms with van der Waals surface area (Å²) in [6, 6.07) is 9.39. The van der Waals surface area contributed by atoms with Crippen LogP contribution >= 0.6 is 0 Å². The minimum atomic E-state index is -0.400. The molecule has 0 fully saturated rings. The molecular weight excluding hydrogens is 270 g/mol. The first-order valence-corrected chi connectivity index (χ1v) is 6.30. The van der Waals surface area contributed by atoms with Crippen LogP contribution in [0.1, 0.15) is 16.2 Å². The first-order chi connectivity index (χ1) is 10.0. The number of phenols is 1. The van der Waals surface area contributed by atoms with Crippen LogP contribution in [0.4, 0.5) is 11.4 Å². The van der Waals surface area contributed by atoms with Gasteiger partial charge in [-0.05, 0) is 36.4 Å². The highest BCUT2D eigenvalue weighted by Gasteiger charge is 2.12. The van der Waals surface area contributed by atoms with Crippen LogP contribution in [-0.2, 0) is 0 Å². The lowest BCUT2D eigenvalue weighted by Gasteiger charge is -2.07. The third kappa shape index (κ3) is 2.51. The zero-order valence-corrected chi connectivity index (χ0v) is 11.3. The van der Waals surface area contributed by atoms with Gasteiger partial charge in [-0.2, -0.15) is 0 Å². The van der Waals surface area contributed by atoms with E-state index in [0.717, 1.165) is 0 Å². The first-order valence-electron chi connectivity index (χ1n) is 6.30. The number of fused-ring (bicyclic) bond motifs is 1. The average molecular weight is 283 g/mol. The number of rotatable bonds is 2. The third-order valence-corrected chi connectivity index (χ3v) is 3.03. The van der Waals surface area contributed by atoms with E-state index in [1.54, 1.807) is 25.1 Å². The number of amides is 1. The number of nitrogens with zero attached hydrogens (tertiary/aromatic N) is 1. The summed E-state index contributed by atoms with van der Waals surface area (Å²) in [6.45, 7) is 1.76. The molecule has 1 heterocycles. The Hall–Kier alpha value is -3.02. The van der Waals surface area contributed by atoms with Gasteiger partial charge in [-0.15, -0.1) is 0 Å². The van der Waals surface area contributed by atoms with Crippen LogP contribution in [0, 0.1) is 6.92 Å². The van der Waals surface area contributed by atoms with Crippen molar-refractivity contribution < 1.29 is 14.3 Å². The van der Waals surface area contributed by atoms with Crippen molar-refractivity contribution in [2.45, 2.75) is 6.92 Å². The molecule has 106 valence electrons. The van der Waals surface area contributed by atoms with Gasteiger partial charge in [0.05, 0.1) is 5.56 Å². The predicted molar refractivity (Wildman–Crippen MR) is 79.2 cm³/mol. The van der Waals surface area contributed by atoms with Gasteiger partial charge in [0.25, 0.3) is 5.91 Å². The van der Waals surface area contributed by atoms with Crippen molar-refractivity contribution >= 4 is 28.4 Å². The summed E-state index contributed by atoms with van der Waals surface area (Å²) in [7, 11) is 0. The summed E-state index contributed by atoms with van der Waals surface area (Å²) in [4.78, 5) is 16.4. The standard InChI is InChI=1S/C15H13N3O3/c1-8-17-13-6-9(2-5-14(13)21-8)18-15(20)11-7-10(19)3-4-12(11)16/h2-7,19H,16H2,1H3,(H,18,20). The molecule has 21 heavy (non-hydrogen) atoms. The zero-order valence-electron chi connectivity index (χ0n) is 11.3. The number of benzene rings is 2. The van der Waals surface area contributed by atoms with Gasteiger partial charge in [0, 0.05) is 18.3 Å². The number of aryl methyl sites for hydroxylation is 1. The molecule has 0 radical (unpaired) electrons. The monoisotopic (exact) mass is 283 g/mol. The molecule has 0 aliphatic carbocycles. The van der Waals surface area contributed by atoms with Gasteiger partial charge in [0.2, 0.25) is 0 Å². The largest absolute Gasteiger partial charge is 0.508 e. The number of carbonyl (C=O) groups excluding carboxylic acids is 1. The van der Waals surface area contributed by atoms with Gasteiger partial charge in [0.1, 0.15) is 11.3 Å². The number of anilines is 2. The van der Waals surface area contributed by atoms with Gasteiger partial charge in [0.15, 0.2) is 11.5 Å². The minimum Gasteiger partial charge on any atom is -0.508 e. The number of hydrogen-bond donors (Lipinski definition) is 3. The van der Waals surface area contributed by atoms with E-state index in [-0.39, 0.29) is 11.3 Å². The van der Waals surface area contributed by atoms with Crippen LogP contribution in [0.25, 0.3) is 11.1 Å². The lowest BCUT2D eigenvalue weighted by Crippen LogP contribution is -2.13. The maximum atomic E-state index is 12.2. The van der Waals surface area contributed by atoms with E-state index in [1.165, 1.54) is 18.2 Å². The van der Waals surface area contributed by atoms with Crippen LogP contribution in [0.5, 0.6) is 5.75 Å². The van der Waals surface area contributed by atoms with Crippen molar-refractivity contribution in [1.82, 2.24) is 4.98 Å². The smallest absolute Gasteiger partial charge is 0.257 e. The second kappa shape index (κ2) is 4.82. The second-order valence-corrected chi connectivity index (χ2v) is 4.64. The van der Waals surface area contributed by atoms with E-state index in [4.69, 9.17) is 10.2 Å². The molecule has 6 nitrogen and oxygen atoms in total. The zero-order chi connectivity index (χ0) is 15.0. The van der Waals surface area contributed by atoms with Gasteiger partial charge in [-0.25, -0.2) is 4.98 Å². The summed E-state index contributed by atoms with van der Waals surface area (Å²) < 4.78 is 5.37. The molecule has 0 aliphatic heterocycles. The molecule has 0 unspecified atom stereocenters. The van der Waals surface area contributed by atoms with Crippen molar-refractivity contribution in [3.63, 3.8) is 0 Å². The van der Waals surface area contributed by atoms with Crippen LogP contribution in [0.15, 0.2) is 40.8 Å². The number of nitrogens with two attached hydrogens (primary N) is 1. The van der Waals surface area contributed by atoms with E-state index in [1.807, 2.05) is 0 Å². The van der Waals surface area contributed by atoms with Crippen molar-refractivity contribution in [2.75, 3.05) is 11.1 Å². The Bertz CT molecular complexity index is 839. The highest BCUT2D eigenvalue weighted by molar-refractivity contribution is 6.08. The van der Waals surface area contributed by atoms with Crippen molar-refractivity contribution in [3.8, 4) is 5.75 Å². The van der Waals surface area contributed by atoms with Crippen LogP contribution in [0.3, 0.4) is 0 Å². The van der Waals surface area contributed by atoms with Crippen LogP contribution < -0.4 is 11.1 Å². The Balaban J connectivity index is 1.90. The average Bonchev–Trinajstić information content (AvgIpc) is 2.80. The minimum absolute atomic E-state index is 0.0167. The molecule has 4 N–H and O–H groups in total. The van der Waals surface area contributed by atoms with Crippen LogP contribution in [0.2, 0.25) is 0 Å². The highest BCUT2D eigenvalue weighted by Crippen LogP contribution is 2.22. The van der Waals surface area contributed by atoms with Gasteiger partial charge in [-0.1, -0.05) is 0 Å². The number of aromatic nitrogens is 1. The quantitative estimate of drug-likeness (QED) is 0.496. The van der Waals surface area contributed by atoms with Gasteiger partial charge < -0.3 is 20.6 Å². The van der Waals surface area contributed by atoms with E-state index < -0.39 is 5.91 Å². The Kier molecular flexibility index (Phi) is 2.98. The number of phenolic OH excluding ortho intramolecular Hbond substituents is 1.